The molecule has 0 radical (unpaired) electrons. The standard InChI is InChI=1S/C17H22N4O3/c1-12-19-17(20-24-12)14-6-4-13(5-7-14)9-18-16(23)11-21-8-2-3-15(22)10-21/h4-7,15,22H,2-3,8-11H2,1H3,(H,18,23). The third kappa shape index (κ3) is 4.39. The van der Waals surface area contributed by atoms with Crippen LogP contribution in [0.2, 0.25) is 0 Å². The second-order valence-electron chi connectivity index (χ2n) is 6.14. The number of aromatic nitrogens is 2. The smallest absolute Gasteiger partial charge is 0.234 e. The van der Waals surface area contributed by atoms with E-state index in [1.54, 1.807) is 6.92 Å². The number of hydrogen-bond donors (Lipinski definition) is 2. The van der Waals surface area contributed by atoms with Crippen LogP contribution >= 0.6 is 0 Å². The topological polar surface area (TPSA) is 91.5 Å². The van der Waals surface area contributed by atoms with Gasteiger partial charge < -0.3 is 14.9 Å². The van der Waals surface area contributed by atoms with Gasteiger partial charge >= 0.3 is 0 Å². The molecule has 3 rings (SSSR count). The zero-order valence-corrected chi connectivity index (χ0v) is 13.7. The number of rotatable bonds is 5. The molecule has 2 heterocycles. The Kier molecular flexibility index (Phi) is 5.22. The molecule has 1 unspecified atom stereocenters. The molecule has 0 bridgehead atoms. The molecule has 2 N–H and O–H groups in total. The summed E-state index contributed by atoms with van der Waals surface area (Å²) in [5, 5.41) is 16.4. The molecule has 2 aromatic rings. The summed E-state index contributed by atoms with van der Waals surface area (Å²) in [6, 6.07) is 7.69. The summed E-state index contributed by atoms with van der Waals surface area (Å²) in [6.45, 7) is 4.00. The normalized spacial score (nSPS) is 18.5. The van der Waals surface area contributed by atoms with E-state index >= 15 is 0 Å². The number of piperidine rings is 1. The summed E-state index contributed by atoms with van der Waals surface area (Å²) in [7, 11) is 0. The first-order valence-corrected chi connectivity index (χ1v) is 8.17. The van der Waals surface area contributed by atoms with Gasteiger partial charge in [0.05, 0.1) is 12.6 Å². The van der Waals surface area contributed by atoms with Crippen molar-refractivity contribution < 1.29 is 14.4 Å². The summed E-state index contributed by atoms with van der Waals surface area (Å²) < 4.78 is 4.97. The lowest BCUT2D eigenvalue weighted by Gasteiger charge is -2.29. The fraction of sp³-hybridized carbons (Fsp3) is 0.471. The summed E-state index contributed by atoms with van der Waals surface area (Å²) >= 11 is 0. The predicted octanol–water partition coefficient (Wildman–Crippen LogP) is 1.12. The molecule has 1 aromatic carbocycles. The van der Waals surface area contributed by atoms with Crippen molar-refractivity contribution in [1.82, 2.24) is 20.4 Å². The molecule has 1 atom stereocenters. The molecule has 0 saturated carbocycles. The Balaban J connectivity index is 1.48. The summed E-state index contributed by atoms with van der Waals surface area (Å²) in [5.41, 5.74) is 1.88. The van der Waals surface area contributed by atoms with Gasteiger partial charge in [-0.1, -0.05) is 29.4 Å². The molecule has 1 aliphatic rings. The van der Waals surface area contributed by atoms with Crippen molar-refractivity contribution in [3.63, 3.8) is 0 Å². The second-order valence-corrected chi connectivity index (χ2v) is 6.14. The average molecular weight is 330 g/mol. The zero-order chi connectivity index (χ0) is 16.9. The van der Waals surface area contributed by atoms with Crippen LogP contribution in [0.3, 0.4) is 0 Å². The summed E-state index contributed by atoms with van der Waals surface area (Å²) in [5.74, 6) is 1.07. The van der Waals surface area contributed by atoms with Crippen molar-refractivity contribution in [3.8, 4) is 11.4 Å². The van der Waals surface area contributed by atoms with E-state index in [9.17, 15) is 9.90 Å². The third-order valence-corrected chi connectivity index (χ3v) is 4.08. The van der Waals surface area contributed by atoms with E-state index in [0.29, 0.717) is 31.3 Å². The van der Waals surface area contributed by atoms with Crippen LogP contribution in [-0.2, 0) is 11.3 Å². The van der Waals surface area contributed by atoms with Crippen LogP contribution < -0.4 is 5.32 Å². The fourth-order valence-corrected chi connectivity index (χ4v) is 2.82. The molecule has 0 spiro atoms. The number of nitrogens with one attached hydrogen (secondary N) is 1. The van der Waals surface area contributed by atoms with Gasteiger partial charge in [-0.25, -0.2) is 0 Å². The molecule has 7 heteroatoms. The molecule has 128 valence electrons. The lowest BCUT2D eigenvalue weighted by atomic mass is 10.1. The quantitative estimate of drug-likeness (QED) is 0.853. The Morgan fingerprint density at radius 1 is 1.42 bits per heavy atom. The van der Waals surface area contributed by atoms with Crippen molar-refractivity contribution in [2.45, 2.75) is 32.4 Å². The van der Waals surface area contributed by atoms with Gasteiger partial charge in [0.25, 0.3) is 0 Å². The number of likely N-dealkylation sites (tertiary alicyclic amines) is 1. The van der Waals surface area contributed by atoms with E-state index in [-0.39, 0.29) is 12.0 Å². The molecule has 1 aromatic heterocycles. The van der Waals surface area contributed by atoms with Gasteiger partial charge in [0.1, 0.15) is 0 Å². The predicted molar refractivity (Wildman–Crippen MR) is 88.0 cm³/mol. The number of carbonyl (C=O) groups is 1. The number of carbonyl (C=O) groups excluding carboxylic acids is 1. The number of aliphatic hydroxyl groups is 1. The van der Waals surface area contributed by atoms with E-state index in [0.717, 1.165) is 30.5 Å². The number of aryl methyl sites for hydroxylation is 1. The molecule has 1 amide bonds. The first kappa shape index (κ1) is 16.6. The number of aliphatic hydroxyl groups excluding tert-OH is 1. The maximum absolute atomic E-state index is 12.0. The molecule has 1 fully saturated rings. The maximum atomic E-state index is 12.0. The van der Waals surface area contributed by atoms with Crippen LogP contribution in [0.5, 0.6) is 0 Å². The Morgan fingerprint density at radius 2 is 2.21 bits per heavy atom. The van der Waals surface area contributed by atoms with Gasteiger partial charge in [-0.15, -0.1) is 0 Å². The largest absolute Gasteiger partial charge is 0.392 e. The molecule has 1 saturated heterocycles. The lowest BCUT2D eigenvalue weighted by molar-refractivity contribution is -0.123. The van der Waals surface area contributed by atoms with Crippen molar-refractivity contribution >= 4 is 5.91 Å². The highest BCUT2D eigenvalue weighted by Gasteiger charge is 2.19. The highest BCUT2D eigenvalue weighted by atomic mass is 16.5. The van der Waals surface area contributed by atoms with E-state index in [1.807, 2.05) is 29.2 Å². The minimum atomic E-state index is -0.312. The van der Waals surface area contributed by atoms with Gasteiger partial charge in [-0.3, -0.25) is 9.69 Å². The first-order chi connectivity index (χ1) is 11.6. The number of benzene rings is 1. The van der Waals surface area contributed by atoms with Gasteiger partial charge in [0.2, 0.25) is 17.6 Å². The SMILES string of the molecule is Cc1nc(-c2ccc(CNC(=O)CN3CCCC(O)C3)cc2)no1. The molecule has 1 aliphatic heterocycles. The lowest BCUT2D eigenvalue weighted by Crippen LogP contribution is -2.44. The molecular formula is C17H22N4O3. The van der Waals surface area contributed by atoms with Crippen LogP contribution in [0.1, 0.15) is 24.3 Å². The van der Waals surface area contributed by atoms with Crippen molar-refractivity contribution in [3.05, 3.63) is 35.7 Å². The van der Waals surface area contributed by atoms with Gasteiger partial charge in [-0.2, -0.15) is 4.98 Å². The van der Waals surface area contributed by atoms with E-state index in [1.165, 1.54) is 0 Å². The van der Waals surface area contributed by atoms with Gasteiger partial charge in [0, 0.05) is 25.6 Å². The number of nitrogens with zero attached hydrogens (tertiary/aromatic N) is 3. The van der Waals surface area contributed by atoms with Crippen LogP contribution in [0.25, 0.3) is 11.4 Å². The van der Waals surface area contributed by atoms with Crippen LogP contribution in [0.4, 0.5) is 0 Å². The number of β-amino-alcohol motifs (C(OH)–C–C–N with tert-alkyl or cyclic N) is 1. The maximum Gasteiger partial charge on any atom is 0.234 e. The van der Waals surface area contributed by atoms with Crippen LogP contribution in [-0.4, -0.2) is 51.8 Å². The van der Waals surface area contributed by atoms with Crippen molar-refractivity contribution in [2.75, 3.05) is 19.6 Å². The van der Waals surface area contributed by atoms with Crippen molar-refractivity contribution in [1.29, 1.82) is 0 Å². The van der Waals surface area contributed by atoms with Gasteiger partial charge in [-0.05, 0) is 24.9 Å². The minimum absolute atomic E-state index is 0.0260. The summed E-state index contributed by atoms with van der Waals surface area (Å²) in [6.07, 6.45) is 1.45. The van der Waals surface area contributed by atoms with Crippen molar-refractivity contribution in [2.24, 2.45) is 0 Å². The Bertz CT molecular complexity index is 683. The van der Waals surface area contributed by atoms with E-state index < -0.39 is 0 Å². The minimum Gasteiger partial charge on any atom is -0.392 e. The monoisotopic (exact) mass is 330 g/mol. The van der Waals surface area contributed by atoms with E-state index in [2.05, 4.69) is 15.5 Å². The van der Waals surface area contributed by atoms with Crippen LogP contribution in [0, 0.1) is 6.92 Å². The highest BCUT2D eigenvalue weighted by molar-refractivity contribution is 5.78. The Morgan fingerprint density at radius 3 is 2.88 bits per heavy atom. The van der Waals surface area contributed by atoms with E-state index in [4.69, 9.17) is 4.52 Å². The molecule has 0 aliphatic carbocycles. The molecular weight excluding hydrogens is 308 g/mol. The third-order valence-electron chi connectivity index (χ3n) is 4.08. The zero-order valence-electron chi connectivity index (χ0n) is 13.7. The Hall–Kier alpha value is -2.25. The Labute approximate surface area is 140 Å². The number of amides is 1. The first-order valence-electron chi connectivity index (χ1n) is 8.17. The van der Waals surface area contributed by atoms with Gasteiger partial charge in [0.15, 0.2) is 0 Å². The second kappa shape index (κ2) is 7.55. The average Bonchev–Trinajstić information content (AvgIpc) is 3.00. The highest BCUT2D eigenvalue weighted by Crippen LogP contribution is 2.16. The molecule has 24 heavy (non-hydrogen) atoms. The fourth-order valence-electron chi connectivity index (χ4n) is 2.82. The summed E-state index contributed by atoms with van der Waals surface area (Å²) in [4.78, 5) is 18.2. The number of hydrogen-bond acceptors (Lipinski definition) is 6. The molecule has 7 nitrogen and oxygen atoms in total. The van der Waals surface area contributed by atoms with Crippen LogP contribution in [0.15, 0.2) is 28.8 Å².